The third-order valence-electron chi connectivity index (χ3n) is 1.94. The quantitative estimate of drug-likeness (QED) is 0.774. The lowest BCUT2D eigenvalue weighted by molar-refractivity contribution is 0.135. The Kier molecular flexibility index (Phi) is 2.32. The summed E-state index contributed by atoms with van der Waals surface area (Å²) in [5.41, 5.74) is 1.46. The lowest BCUT2D eigenvalue weighted by Gasteiger charge is -1.98. The highest BCUT2D eigenvalue weighted by atomic mass is 16.5. The van der Waals surface area contributed by atoms with Crippen LogP contribution >= 0.6 is 0 Å². The van der Waals surface area contributed by atoms with Gasteiger partial charge >= 0.3 is 0 Å². The Morgan fingerprint density at radius 3 is 3.29 bits per heavy atom. The molecule has 0 atom stereocenters. The number of aromatic amines is 1. The van der Waals surface area contributed by atoms with Crippen molar-refractivity contribution in [2.45, 2.75) is 13.5 Å². The Hall–Kier alpha value is -1.62. The molecule has 2 aromatic rings. The van der Waals surface area contributed by atoms with E-state index in [4.69, 9.17) is 4.74 Å². The highest BCUT2D eigenvalue weighted by Crippen LogP contribution is 2.06. The van der Waals surface area contributed by atoms with Crippen molar-refractivity contribution in [1.82, 2.24) is 14.6 Å². The molecule has 14 heavy (non-hydrogen) atoms. The number of rotatable bonds is 3. The van der Waals surface area contributed by atoms with E-state index in [0.717, 1.165) is 5.56 Å². The maximum Gasteiger partial charge on any atom is 0.251 e. The molecular weight excluding hydrogens is 182 g/mol. The summed E-state index contributed by atoms with van der Waals surface area (Å²) in [6, 6.07) is 1.43. The molecule has 0 bridgehead atoms. The molecule has 74 valence electrons. The largest absolute Gasteiger partial charge is 0.377 e. The molecule has 5 heteroatoms. The van der Waals surface area contributed by atoms with Gasteiger partial charge in [0.25, 0.3) is 5.56 Å². The molecule has 0 aliphatic heterocycles. The molecule has 0 aliphatic rings. The number of H-pyrrole nitrogens is 1. The van der Waals surface area contributed by atoms with E-state index in [2.05, 4.69) is 10.1 Å². The topological polar surface area (TPSA) is 59.4 Å². The molecule has 0 aliphatic carbocycles. The normalized spacial score (nSPS) is 10.9. The lowest BCUT2D eigenvalue weighted by atomic mass is 10.3. The molecule has 0 amide bonds. The van der Waals surface area contributed by atoms with Gasteiger partial charge in [-0.1, -0.05) is 0 Å². The highest BCUT2D eigenvalue weighted by molar-refractivity contribution is 5.44. The van der Waals surface area contributed by atoms with Gasteiger partial charge in [-0.15, -0.1) is 0 Å². The van der Waals surface area contributed by atoms with Crippen LogP contribution in [0.1, 0.15) is 12.5 Å². The minimum Gasteiger partial charge on any atom is -0.377 e. The number of nitrogens with one attached hydrogen (secondary N) is 1. The molecule has 1 N–H and O–H groups in total. The van der Waals surface area contributed by atoms with Crippen LogP contribution in [0.5, 0.6) is 0 Å². The fraction of sp³-hybridized carbons (Fsp3) is 0.333. The van der Waals surface area contributed by atoms with E-state index in [0.29, 0.717) is 18.9 Å². The summed E-state index contributed by atoms with van der Waals surface area (Å²) in [4.78, 5) is 13.8. The summed E-state index contributed by atoms with van der Waals surface area (Å²) in [6.07, 6.45) is 3.32. The van der Waals surface area contributed by atoms with Gasteiger partial charge in [0.2, 0.25) is 0 Å². The van der Waals surface area contributed by atoms with Gasteiger partial charge in [0, 0.05) is 24.4 Å². The number of hydrogen-bond donors (Lipinski definition) is 1. The average molecular weight is 193 g/mol. The van der Waals surface area contributed by atoms with Crippen LogP contribution in [0.3, 0.4) is 0 Å². The van der Waals surface area contributed by atoms with Crippen LogP contribution in [0.4, 0.5) is 0 Å². The van der Waals surface area contributed by atoms with Gasteiger partial charge < -0.3 is 9.72 Å². The number of fused-ring (bicyclic) bond motifs is 1. The number of aromatic nitrogens is 3. The third-order valence-corrected chi connectivity index (χ3v) is 1.94. The molecule has 0 radical (unpaired) electrons. The fourth-order valence-corrected chi connectivity index (χ4v) is 1.26. The summed E-state index contributed by atoms with van der Waals surface area (Å²) in [6.45, 7) is 3.04. The first-order chi connectivity index (χ1) is 6.81. The van der Waals surface area contributed by atoms with Crippen LogP contribution in [0.2, 0.25) is 0 Å². The molecule has 2 heterocycles. The van der Waals surface area contributed by atoms with Crippen LogP contribution in [-0.2, 0) is 11.3 Å². The maximum atomic E-state index is 11.1. The van der Waals surface area contributed by atoms with Gasteiger partial charge in [-0.2, -0.15) is 5.10 Å². The minimum absolute atomic E-state index is 0.129. The van der Waals surface area contributed by atoms with E-state index in [1.807, 2.05) is 6.92 Å². The molecule has 0 saturated carbocycles. The molecule has 0 spiro atoms. The average Bonchev–Trinajstić information content (AvgIpc) is 2.57. The van der Waals surface area contributed by atoms with Gasteiger partial charge in [0.1, 0.15) is 5.65 Å². The zero-order valence-electron chi connectivity index (χ0n) is 7.86. The SMILES string of the molecule is CCOCc1cnn2ccc(=O)[nH]c12. The lowest BCUT2D eigenvalue weighted by Crippen LogP contribution is -2.07. The van der Waals surface area contributed by atoms with Crippen molar-refractivity contribution in [1.29, 1.82) is 0 Å². The Labute approximate surface area is 80.3 Å². The predicted octanol–water partition coefficient (Wildman–Crippen LogP) is 0.559. The third kappa shape index (κ3) is 1.54. The Balaban J connectivity index is 2.45. The monoisotopic (exact) mass is 193 g/mol. The minimum atomic E-state index is -0.129. The molecular formula is C9H11N3O2. The Morgan fingerprint density at radius 2 is 2.50 bits per heavy atom. The van der Waals surface area contributed by atoms with Crippen molar-refractivity contribution in [2.24, 2.45) is 0 Å². The van der Waals surface area contributed by atoms with E-state index < -0.39 is 0 Å². The first kappa shape index (κ1) is 8.96. The van der Waals surface area contributed by atoms with Gasteiger partial charge in [-0.25, -0.2) is 4.52 Å². The summed E-state index contributed by atoms with van der Waals surface area (Å²) in [7, 11) is 0. The summed E-state index contributed by atoms with van der Waals surface area (Å²) in [5.74, 6) is 0. The standard InChI is InChI=1S/C9H11N3O2/c1-2-14-6-7-5-10-12-4-3-8(13)11-9(7)12/h3-5H,2,6H2,1H3,(H,11,13). The molecule has 5 nitrogen and oxygen atoms in total. The highest BCUT2D eigenvalue weighted by Gasteiger charge is 2.03. The molecule has 0 unspecified atom stereocenters. The van der Waals surface area contributed by atoms with Crippen molar-refractivity contribution in [2.75, 3.05) is 6.61 Å². The first-order valence-electron chi connectivity index (χ1n) is 4.44. The van der Waals surface area contributed by atoms with Crippen molar-refractivity contribution >= 4 is 5.65 Å². The van der Waals surface area contributed by atoms with Crippen molar-refractivity contribution in [3.63, 3.8) is 0 Å². The van der Waals surface area contributed by atoms with Crippen molar-refractivity contribution in [3.05, 3.63) is 34.4 Å². The van der Waals surface area contributed by atoms with Crippen LogP contribution in [-0.4, -0.2) is 21.2 Å². The Morgan fingerprint density at radius 1 is 1.64 bits per heavy atom. The van der Waals surface area contributed by atoms with Crippen LogP contribution in [0.15, 0.2) is 23.3 Å². The van der Waals surface area contributed by atoms with Gasteiger partial charge in [0.05, 0.1) is 12.8 Å². The second-order valence-electron chi connectivity index (χ2n) is 2.91. The second kappa shape index (κ2) is 3.63. The van der Waals surface area contributed by atoms with E-state index in [9.17, 15) is 4.79 Å². The summed E-state index contributed by atoms with van der Waals surface area (Å²) in [5, 5.41) is 4.08. The number of ether oxygens (including phenoxy) is 1. The van der Waals surface area contributed by atoms with E-state index >= 15 is 0 Å². The van der Waals surface area contributed by atoms with E-state index in [-0.39, 0.29) is 5.56 Å². The molecule has 0 fully saturated rings. The van der Waals surface area contributed by atoms with Crippen molar-refractivity contribution < 1.29 is 4.74 Å². The number of nitrogens with zero attached hydrogens (tertiary/aromatic N) is 2. The van der Waals surface area contributed by atoms with Crippen LogP contribution < -0.4 is 5.56 Å². The van der Waals surface area contributed by atoms with Gasteiger partial charge in [0.15, 0.2) is 0 Å². The van der Waals surface area contributed by atoms with Gasteiger partial charge in [-0.05, 0) is 6.92 Å². The number of hydrogen-bond acceptors (Lipinski definition) is 3. The Bertz CT molecular complexity index is 486. The zero-order chi connectivity index (χ0) is 9.97. The summed E-state index contributed by atoms with van der Waals surface area (Å²) < 4.78 is 6.87. The van der Waals surface area contributed by atoms with Crippen LogP contribution in [0.25, 0.3) is 5.65 Å². The first-order valence-corrected chi connectivity index (χ1v) is 4.44. The smallest absolute Gasteiger partial charge is 0.251 e. The molecule has 0 saturated heterocycles. The van der Waals surface area contributed by atoms with Crippen LogP contribution in [0, 0.1) is 0 Å². The zero-order valence-corrected chi connectivity index (χ0v) is 7.86. The molecule has 2 aromatic heterocycles. The molecule has 2 rings (SSSR count). The molecule has 0 aromatic carbocycles. The maximum absolute atomic E-state index is 11.1. The predicted molar refractivity (Wildman–Crippen MR) is 51.1 cm³/mol. The van der Waals surface area contributed by atoms with Gasteiger partial charge in [-0.3, -0.25) is 4.79 Å². The fourth-order valence-electron chi connectivity index (χ4n) is 1.26. The van der Waals surface area contributed by atoms with E-state index in [1.54, 1.807) is 16.9 Å². The van der Waals surface area contributed by atoms with E-state index in [1.165, 1.54) is 6.07 Å². The summed E-state index contributed by atoms with van der Waals surface area (Å²) >= 11 is 0. The van der Waals surface area contributed by atoms with Crippen molar-refractivity contribution in [3.8, 4) is 0 Å². The second-order valence-corrected chi connectivity index (χ2v) is 2.91.